The lowest BCUT2D eigenvalue weighted by Crippen LogP contribution is -1.98. The molecule has 0 spiro atoms. The zero-order valence-electron chi connectivity index (χ0n) is 28.5. The van der Waals surface area contributed by atoms with Crippen LogP contribution in [-0.2, 0) is 0 Å². The SMILES string of the molecule is c1ccc(-c2cc(-c3ccccc3)nc(-c3cccc(-n4c5cc6c(ccn6-c6ccccc6)cc5c5ccc6c7ccccc7sc6c54)c3)n2)cc1. The van der Waals surface area contributed by atoms with Gasteiger partial charge in [-0.05, 0) is 54.6 Å². The largest absolute Gasteiger partial charge is 0.316 e. The van der Waals surface area contributed by atoms with Gasteiger partial charge in [-0.3, -0.25) is 0 Å². The highest BCUT2D eigenvalue weighted by Gasteiger charge is 2.20. The van der Waals surface area contributed by atoms with Gasteiger partial charge in [0, 0.05) is 65.9 Å². The Bertz CT molecular complexity index is 3100. The van der Waals surface area contributed by atoms with Crippen molar-refractivity contribution in [3.63, 3.8) is 0 Å². The summed E-state index contributed by atoms with van der Waals surface area (Å²) in [6.45, 7) is 0. The van der Waals surface area contributed by atoms with Gasteiger partial charge in [-0.2, -0.15) is 0 Å². The van der Waals surface area contributed by atoms with Crippen molar-refractivity contribution in [2.24, 2.45) is 0 Å². The Labute approximate surface area is 309 Å². The lowest BCUT2D eigenvalue weighted by Gasteiger charge is -2.13. The molecule has 248 valence electrons. The van der Waals surface area contributed by atoms with Crippen molar-refractivity contribution in [3.05, 3.63) is 182 Å². The van der Waals surface area contributed by atoms with E-state index >= 15 is 0 Å². The third-order valence-corrected chi connectivity index (χ3v) is 11.5. The van der Waals surface area contributed by atoms with Crippen molar-refractivity contribution in [2.75, 3.05) is 0 Å². The zero-order chi connectivity index (χ0) is 34.9. The Morgan fingerprint density at radius 3 is 1.83 bits per heavy atom. The summed E-state index contributed by atoms with van der Waals surface area (Å²) >= 11 is 1.87. The van der Waals surface area contributed by atoms with E-state index in [-0.39, 0.29) is 0 Å². The van der Waals surface area contributed by atoms with Gasteiger partial charge in [-0.1, -0.05) is 121 Å². The maximum absolute atomic E-state index is 5.18. The first-order chi connectivity index (χ1) is 26.3. The second kappa shape index (κ2) is 11.9. The lowest BCUT2D eigenvalue weighted by molar-refractivity contribution is 1.12. The molecule has 0 N–H and O–H groups in total. The van der Waals surface area contributed by atoms with Crippen molar-refractivity contribution in [3.8, 4) is 45.3 Å². The summed E-state index contributed by atoms with van der Waals surface area (Å²) in [4.78, 5) is 10.4. The molecular weight excluding hydrogens is 665 g/mol. The van der Waals surface area contributed by atoms with Crippen LogP contribution in [-0.4, -0.2) is 19.1 Å². The van der Waals surface area contributed by atoms with Gasteiger partial charge in [0.05, 0.1) is 32.6 Å². The molecule has 4 heterocycles. The third kappa shape index (κ3) is 4.82. The molecular formula is C48H30N4S. The molecule has 5 heteroatoms. The van der Waals surface area contributed by atoms with Crippen LogP contribution < -0.4 is 0 Å². The van der Waals surface area contributed by atoms with E-state index in [1.807, 2.05) is 23.5 Å². The third-order valence-electron chi connectivity index (χ3n) is 10.3. The minimum absolute atomic E-state index is 0.695. The van der Waals surface area contributed by atoms with Crippen LogP contribution in [0.2, 0.25) is 0 Å². The Kier molecular flexibility index (Phi) is 6.69. The molecule has 53 heavy (non-hydrogen) atoms. The van der Waals surface area contributed by atoms with Crippen LogP contribution in [0.15, 0.2) is 182 Å². The summed E-state index contributed by atoms with van der Waals surface area (Å²) in [5, 5.41) is 6.26. The quantitative estimate of drug-likeness (QED) is 0.180. The molecule has 4 aromatic heterocycles. The highest BCUT2D eigenvalue weighted by molar-refractivity contribution is 7.26. The van der Waals surface area contributed by atoms with Crippen LogP contribution in [0.3, 0.4) is 0 Å². The van der Waals surface area contributed by atoms with E-state index < -0.39 is 0 Å². The molecule has 11 aromatic rings. The van der Waals surface area contributed by atoms with E-state index in [1.165, 1.54) is 47.4 Å². The average molecular weight is 695 g/mol. The molecule has 0 fully saturated rings. The highest BCUT2D eigenvalue weighted by atomic mass is 32.1. The molecule has 0 atom stereocenters. The van der Waals surface area contributed by atoms with Crippen LogP contribution >= 0.6 is 11.3 Å². The summed E-state index contributed by atoms with van der Waals surface area (Å²) in [6, 6.07) is 62.5. The first-order valence-corrected chi connectivity index (χ1v) is 18.6. The summed E-state index contributed by atoms with van der Waals surface area (Å²) in [5.41, 5.74) is 10.6. The summed E-state index contributed by atoms with van der Waals surface area (Å²) in [6.07, 6.45) is 2.18. The molecule has 0 saturated heterocycles. The molecule has 0 bridgehead atoms. The van der Waals surface area contributed by atoms with Crippen molar-refractivity contribution in [1.29, 1.82) is 0 Å². The smallest absolute Gasteiger partial charge is 0.160 e. The zero-order valence-corrected chi connectivity index (χ0v) is 29.3. The summed E-state index contributed by atoms with van der Waals surface area (Å²) in [5.74, 6) is 0.695. The molecule has 0 amide bonds. The number of para-hydroxylation sites is 1. The van der Waals surface area contributed by atoms with E-state index in [4.69, 9.17) is 9.97 Å². The van der Waals surface area contributed by atoms with Crippen molar-refractivity contribution in [2.45, 2.75) is 0 Å². The Balaban J connectivity index is 1.20. The number of thiophene rings is 1. The minimum atomic E-state index is 0.695. The van der Waals surface area contributed by atoms with Gasteiger partial charge in [0.1, 0.15) is 0 Å². The number of hydrogen-bond acceptors (Lipinski definition) is 3. The molecule has 0 saturated carbocycles. The number of aromatic nitrogens is 4. The van der Waals surface area contributed by atoms with Gasteiger partial charge < -0.3 is 9.13 Å². The van der Waals surface area contributed by atoms with E-state index in [2.05, 4.69) is 179 Å². The fourth-order valence-corrected chi connectivity index (χ4v) is 9.10. The van der Waals surface area contributed by atoms with Gasteiger partial charge in [0.25, 0.3) is 0 Å². The standard InChI is InChI=1S/C48H30N4S/c1-4-13-31(14-5-1)41-29-42(32-15-6-2-7-16-32)50-48(49-41)34-17-12-20-36(27-34)52-44-30-43-33(25-26-51(43)35-18-8-3-9-19-35)28-40(44)38-23-24-39-37-21-10-11-22-45(37)53-47(39)46(38)52/h1-30H. The number of nitrogens with zero attached hydrogens (tertiary/aromatic N) is 4. The second-order valence-corrected chi connectivity index (χ2v) is 14.5. The van der Waals surface area contributed by atoms with Crippen LogP contribution in [0.4, 0.5) is 0 Å². The fraction of sp³-hybridized carbons (Fsp3) is 0. The summed E-state index contributed by atoms with van der Waals surface area (Å²) in [7, 11) is 0. The van der Waals surface area contributed by atoms with Crippen LogP contribution in [0, 0.1) is 0 Å². The Hall–Kier alpha value is -6.82. The van der Waals surface area contributed by atoms with Crippen molar-refractivity contribution in [1.82, 2.24) is 19.1 Å². The first kappa shape index (κ1) is 29.9. The molecule has 4 nitrogen and oxygen atoms in total. The molecule has 11 rings (SSSR count). The fourth-order valence-electron chi connectivity index (χ4n) is 7.86. The predicted octanol–water partition coefficient (Wildman–Crippen LogP) is 12.9. The first-order valence-electron chi connectivity index (χ1n) is 17.8. The average Bonchev–Trinajstić information content (AvgIpc) is 3.92. The number of fused-ring (bicyclic) bond motifs is 8. The van der Waals surface area contributed by atoms with E-state index in [9.17, 15) is 0 Å². The normalized spacial score (nSPS) is 11.8. The maximum atomic E-state index is 5.18. The molecule has 0 aliphatic rings. The molecule has 0 radical (unpaired) electrons. The van der Waals surface area contributed by atoms with E-state index in [0.29, 0.717) is 5.82 Å². The van der Waals surface area contributed by atoms with Crippen LogP contribution in [0.5, 0.6) is 0 Å². The molecule has 0 aliphatic heterocycles. The lowest BCUT2D eigenvalue weighted by atomic mass is 10.1. The van der Waals surface area contributed by atoms with Gasteiger partial charge in [0.15, 0.2) is 5.82 Å². The Morgan fingerprint density at radius 2 is 1.08 bits per heavy atom. The molecule has 0 unspecified atom stereocenters. The second-order valence-electron chi connectivity index (χ2n) is 13.5. The van der Waals surface area contributed by atoms with Crippen molar-refractivity contribution >= 4 is 64.2 Å². The molecule has 7 aromatic carbocycles. The number of rotatable bonds is 5. The van der Waals surface area contributed by atoms with Gasteiger partial charge >= 0.3 is 0 Å². The van der Waals surface area contributed by atoms with Gasteiger partial charge in [0.2, 0.25) is 0 Å². The number of hydrogen-bond donors (Lipinski definition) is 0. The monoisotopic (exact) mass is 694 g/mol. The van der Waals surface area contributed by atoms with Crippen LogP contribution in [0.1, 0.15) is 0 Å². The topological polar surface area (TPSA) is 35.6 Å². The number of benzene rings is 7. The van der Waals surface area contributed by atoms with Gasteiger partial charge in [-0.15, -0.1) is 11.3 Å². The predicted molar refractivity (Wildman–Crippen MR) is 222 cm³/mol. The van der Waals surface area contributed by atoms with Crippen molar-refractivity contribution < 1.29 is 0 Å². The van der Waals surface area contributed by atoms with E-state index in [0.717, 1.165) is 45.0 Å². The highest BCUT2D eigenvalue weighted by Crippen LogP contribution is 2.44. The minimum Gasteiger partial charge on any atom is -0.316 e. The van der Waals surface area contributed by atoms with Gasteiger partial charge in [-0.25, -0.2) is 9.97 Å². The molecule has 0 aliphatic carbocycles. The summed E-state index contributed by atoms with van der Waals surface area (Å²) < 4.78 is 7.33. The Morgan fingerprint density at radius 1 is 0.434 bits per heavy atom. The van der Waals surface area contributed by atoms with Crippen LogP contribution in [0.25, 0.3) is 98.2 Å². The van der Waals surface area contributed by atoms with E-state index in [1.54, 1.807) is 0 Å². The maximum Gasteiger partial charge on any atom is 0.160 e.